The van der Waals surface area contributed by atoms with E-state index in [9.17, 15) is 9.90 Å². The summed E-state index contributed by atoms with van der Waals surface area (Å²) in [6.45, 7) is 21.6. The van der Waals surface area contributed by atoms with Crippen LogP contribution in [-0.2, 0) is 9.53 Å². The van der Waals surface area contributed by atoms with Crippen molar-refractivity contribution in [1.82, 2.24) is 0 Å². The van der Waals surface area contributed by atoms with E-state index in [2.05, 4.69) is 55.4 Å². The summed E-state index contributed by atoms with van der Waals surface area (Å²) in [6.07, 6.45) is 10.6. The second-order valence-electron chi connectivity index (χ2n) is 15.8. The summed E-state index contributed by atoms with van der Waals surface area (Å²) in [7, 11) is 0. The number of aliphatic hydroxyl groups is 1. The molecule has 0 aromatic rings. The lowest BCUT2D eigenvalue weighted by Gasteiger charge is -2.74. The predicted octanol–water partition coefficient (Wildman–Crippen LogP) is 7.65. The van der Waals surface area contributed by atoms with E-state index >= 15 is 0 Å². The van der Waals surface area contributed by atoms with Gasteiger partial charge in [0.25, 0.3) is 0 Å². The third-order valence-electron chi connectivity index (χ3n) is 14.2. The van der Waals surface area contributed by atoms with E-state index in [4.69, 9.17) is 4.74 Å². The normalized spacial score (nSPS) is 57.2. The minimum absolute atomic E-state index is 0.00790. The molecule has 1 N–H and O–H groups in total. The molecule has 5 aliphatic rings. The number of carbonyl (C=O) groups is 1. The number of hydrogen-bond acceptors (Lipinski definition) is 3. The van der Waals surface area contributed by atoms with Gasteiger partial charge in [0.05, 0.1) is 6.10 Å². The predicted molar refractivity (Wildman–Crippen MR) is 142 cm³/mol. The lowest BCUT2D eigenvalue weighted by atomic mass is 9.31. The first-order chi connectivity index (χ1) is 16.1. The van der Waals surface area contributed by atoms with Gasteiger partial charge in [0.1, 0.15) is 6.10 Å². The van der Waals surface area contributed by atoms with Crippen molar-refractivity contribution in [1.29, 1.82) is 0 Å². The molecule has 3 nitrogen and oxygen atoms in total. The molecule has 0 saturated heterocycles. The summed E-state index contributed by atoms with van der Waals surface area (Å²) in [6, 6.07) is 0. The molecule has 3 heteroatoms. The Hall–Kier alpha value is -0.570. The van der Waals surface area contributed by atoms with Gasteiger partial charge in [0.2, 0.25) is 0 Å². The van der Waals surface area contributed by atoms with Crippen LogP contribution in [0, 0.1) is 62.6 Å². The Bertz CT molecular complexity index is 865. The Balaban J connectivity index is 1.53. The average molecular weight is 487 g/mol. The van der Waals surface area contributed by atoms with E-state index < -0.39 is 0 Å². The smallest absolute Gasteiger partial charge is 0.302 e. The van der Waals surface area contributed by atoms with E-state index in [1.165, 1.54) is 38.5 Å². The van der Waals surface area contributed by atoms with Crippen LogP contribution in [0.15, 0.2) is 0 Å². The summed E-state index contributed by atoms with van der Waals surface area (Å²) in [5, 5.41) is 12.1. The Labute approximate surface area is 215 Å². The first-order valence-corrected chi connectivity index (χ1v) is 15.0. The fraction of sp³-hybridized carbons (Fsp3) is 0.969. The molecule has 12 atom stereocenters. The van der Waals surface area contributed by atoms with Crippen LogP contribution in [0.3, 0.4) is 0 Å². The first kappa shape index (κ1) is 26.1. The highest BCUT2D eigenvalue weighted by atomic mass is 16.5. The largest absolute Gasteiger partial charge is 0.462 e. The molecule has 5 rings (SSSR count). The van der Waals surface area contributed by atoms with Gasteiger partial charge in [-0.05, 0) is 115 Å². The van der Waals surface area contributed by atoms with Crippen molar-refractivity contribution >= 4 is 5.97 Å². The van der Waals surface area contributed by atoms with Crippen molar-refractivity contribution in [3.63, 3.8) is 0 Å². The van der Waals surface area contributed by atoms with Crippen molar-refractivity contribution in [2.24, 2.45) is 62.6 Å². The molecular weight excluding hydrogens is 432 g/mol. The van der Waals surface area contributed by atoms with Gasteiger partial charge in [0.15, 0.2) is 0 Å². The monoisotopic (exact) mass is 486 g/mol. The first-order valence-electron chi connectivity index (χ1n) is 15.0. The van der Waals surface area contributed by atoms with E-state index in [1.54, 1.807) is 6.92 Å². The molecule has 0 spiro atoms. The molecule has 0 radical (unpaired) electrons. The zero-order valence-electron chi connectivity index (χ0n) is 24.2. The van der Waals surface area contributed by atoms with Crippen LogP contribution in [-0.4, -0.2) is 23.3 Å². The van der Waals surface area contributed by atoms with Gasteiger partial charge < -0.3 is 9.84 Å². The molecule has 5 aliphatic carbocycles. The molecule has 0 aromatic carbocycles. The minimum Gasteiger partial charge on any atom is -0.462 e. The maximum atomic E-state index is 12.1. The Morgan fingerprint density at radius 1 is 0.857 bits per heavy atom. The van der Waals surface area contributed by atoms with Gasteiger partial charge in [-0.15, -0.1) is 0 Å². The molecule has 0 aromatic heterocycles. The van der Waals surface area contributed by atoms with E-state index in [-0.39, 0.29) is 39.8 Å². The van der Waals surface area contributed by atoms with Gasteiger partial charge >= 0.3 is 5.97 Å². The van der Waals surface area contributed by atoms with E-state index in [0.29, 0.717) is 23.2 Å². The summed E-state index contributed by atoms with van der Waals surface area (Å²) < 4.78 is 5.88. The van der Waals surface area contributed by atoms with Crippen LogP contribution in [0.2, 0.25) is 0 Å². The Kier molecular flexibility index (Phi) is 5.93. The maximum Gasteiger partial charge on any atom is 0.302 e. The molecule has 35 heavy (non-hydrogen) atoms. The van der Waals surface area contributed by atoms with E-state index in [0.717, 1.165) is 37.0 Å². The standard InChI is InChI=1S/C32H54O3/c1-19-10-13-29(6)16-17-31(8)22(26(29)20(19)2)18-23(34)27-30(7)14-12-25(35-21(3)33)28(4,5)24(30)11-15-32(27,31)9/h19-20,22-27,34H,10-18H2,1-9H3/t19-,20?,22?,23-,24?,25?,26?,27?,29-,30+,31-,32-/m1/s1. The zero-order valence-corrected chi connectivity index (χ0v) is 24.2. The summed E-state index contributed by atoms with van der Waals surface area (Å²) in [5.41, 5.74) is 0.927. The fourth-order valence-electron chi connectivity index (χ4n) is 12.1. The van der Waals surface area contributed by atoms with Crippen molar-refractivity contribution in [2.75, 3.05) is 0 Å². The third-order valence-corrected chi connectivity index (χ3v) is 14.2. The lowest BCUT2D eigenvalue weighted by Crippen LogP contribution is -2.70. The van der Waals surface area contributed by atoms with Crippen molar-refractivity contribution in [2.45, 2.75) is 132 Å². The van der Waals surface area contributed by atoms with Crippen LogP contribution in [0.25, 0.3) is 0 Å². The number of hydrogen-bond donors (Lipinski definition) is 1. The topological polar surface area (TPSA) is 46.5 Å². The van der Waals surface area contributed by atoms with Gasteiger partial charge in [-0.2, -0.15) is 0 Å². The molecule has 0 heterocycles. The van der Waals surface area contributed by atoms with Crippen molar-refractivity contribution in [3.8, 4) is 0 Å². The van der Waals surface area contributed by atoms with Gasteiger partial charge in [-0.25, -0.2) is 0 Å². The van der Waals surface area contributed by atoms with Crippen LogP contribution >= 0.6 is 0 Å². The highest BCUT2D eigenvalue weighted by molar-refractivity contribution is 5.66. The molecule has 0 aliphatic heterocycles. The minimum atomic E-state index is -0.223. The second kappa shape index (κ2) is 7.97. The molecule has 0 bridgehead atoms. The number of fused-ring (bicyclic) bond motifs is 7. The number of aliphatic hydroxyl groups excluding tert-OH is 1. The second-order valence-corrected chi connectivity index (χ2v) is 15.8. The van der Waals surface area contributed by atoms with Gasteiger partial charge in [-0.3, -0.25) is 4.79 Å². The quantitative estimate of drug-likeness (QED) is 0.387. The highest BCUT2D eigenvalue weighted by Gasteiger charge is 2.72. The maximum absolute atomic E-state index is 12.1. The number of esters is 1. The van der Waals surface area contributed by atoms with Crippen molar-refractivity contribution in [3.05, 3.63) is 0 Å². The SMILES string of the molecule is CC(=O)OC1CC[C@@]2(C)C(CC[C@]3(C)C2[C@H](O)CC2C4C(C)[C@H](C)CC[C@]4(C)CC[C@]23C)C1(C)C. The number of ether oxygens (including phenoxy) is 1. The van der Waals surface area contributed by atoms with Crippen LogP contribution in [0.5, 0.6) is 0 Å². The number of rotatable bonds is 1. The third kappa shape index (κ3) is 3.34. The molecule has 5 saturated carbocycles. The van der Waals surface area contributed by atoms with Crippen LogP contribution < -0.4 is 0 Å². The molecule has 6 unspecified atom stereocenters. The summed E-state index contributed by atoms with van der Waals surface area (Å²) >= 11 is 0. The lowest BCUT2D eigenvalue weighted by molar-refractivity contribution is -0.284. The van der Waals surface area contributed by atoms with Crippen molar-refractivity contribution < 1.29 is 14.6 Å². The summed E-state index contributed by atoms with van der Waals surface area (Å²) in [5.74, 6) is 3.55. The molecular formula is C32H54O3. The highest BCUT2D eigenvalue weighted by Crippen LogP contribution is 2.77. The van der Waals surface area contributed by atoms with Crippen LogP contribution in [0.4, 0.5) is 0 Å². The average Bonchev–Trinajstić information content (AvgIpc) is 2.74. The Morgan fingerprint density at radius 3 is 2.20 bits per heavy atom. The van der Waals surface area contributed by atoms with Crippen LogP contribution in [0.1, 0.15) is 120 Å². The Morgan fingerprint density at radius 2 is 1.54 bits per heavy atom. The molecule has 200 valence electrons. The zero-order chi connectivity index (χ0) is 25.8. The number of carbonyl (C=O) groups excluding carboxylic acids is 1. The fourth-order valence-corrected chi connectivity index (χ4v) is 12.1. The summed E-state index contributed by atoms with van der Waals surface area (Å²) in [4.78, 5) is 11.9. The van der Waals surface area contributed by atoms with E-state index in [1.807, 2.05) is 0 Å². The molecule has 5 fully saturated rings. The molecule has 0 amide bonds. The van der Waals surface area contributed by atoms with Gasteiger partial charge in [0, 0.05) is 12.3 Å². The van der Waals surface area contributed by atoms with Gasteiger partial charge in [-0.1, -0.05) is 55.4 Å².